The van der Waals surface area contributed by atoms with Crippen LogP contribution in [0.25, 0.3) is 0 Å². The topological polar surface area (TPSA) is 96.7 Å². The second kappa shape index (κ2) is 9.90. The predicted octanol–water partition coefficient (Wildman–Crippen LogP) is 1.53. The van der Waals surface area contributed by atoms with E-state index in [1.165, 1.54) is 18.3 Å². The molecule has 1 aromatic carbocycles. The van der Waals surface area contributed by atoms with Crippen molar-refractivity contribution in [3.63, 3.8) is 0 Å². The van der Waals surface area contributed by atoms with E-state index in [9.17, 15) is 9.18 Å². The van der Waals surface area contributed by atoms with Gasteiger partial charge in [0.2, 0.25) is 6.41 Å². The van der Waals surface area contributed by atoms with Gasteiger partial charge in [-0.3, -0.25) is 4.79 Å². The van der Waals surface area contributed by atoms with Gasteiger partial charge in [0.1, 0.15) is 11.7 Å². The molecule has 0 saturated carbocycles. The highest BCUT2D eigenvalue weighted by molar-refractivity contribution is 5.93. The molecule has 2 rings (SSSR count). The number of aliphatic imine (C=N–C) groups is 1. The van der Waals surface area contributed by atoms with Crippen LogP contribution in [0.2, 0.25) is 0 Å². The number of halogens is 1. The third-order valence-corrected chi connectivity index (χ3v) is 4.16. The first-order chi connectivity index (χ1) is 11.5. The van der Waals surface area contributed by atoms with Crippen LogP contribution in [-0.2, 0) is 11.2 Å². The quantitative estimate of drug-likeness (QED) is 0.395. The Bertz CT molecular complexity index is 622. The summed E-state index contributed by atoms with van der Waals surface area (Å²) >= 11 is 0. The van der Waals surface area contributed by atoms with E-state index in [0.29, 0.717) is 30.0 Å². The van der Waals surface area contributed by atoms with Crippen molar-refractivity contribution in [2.75, 3.05) is 19.6 Å². The van der Waals surface area contributed by atoms with Crippen LogP contribution < -0.4 is 16.8 Å². The molecule has 2 atom stereocenters. The number of hydrogen-bond donors (Lipinski definition) is 3. The summed E-state index contributed by atoms with van der Waals surface area (Å²) in [5.74, 6) is 0.364. The molecule has 1 aliphatic heterocycles. The number of carbonyl (C=O) groups excluding carboxylic acids is 1. The first kappa shape index (κ1) is 20.8. The molecule has 0 radical (unpaired) electrons. The molecule has 1 aliphatic rings. The zero-order valence-corrected chi connectivity index (χ0v) is 13.8. The number of benzene rings is 1. The van der Waals surface area contributed by atoms with Crippen LogP contribution in [0.3, 0.4) is 0 Å². The molecule has 1 aromatic rings. The fraction of sp³-hybridized carbons (Fsp3) is 0.444. The van der Waals surface area contributed by atoms with Crippen LogP contribution in [0.5, 0.6) is 0 Å². The minimum atomic E-state index is -0.296. The van der Waals surface area contributed by atoms with Crippen molar-refractivity contribution in [3.8, 4) is 0 Å². The second-order valence-corrected chi connectivity index (χ2v) is 6.08. The lowest BCUT2D eigenvalue weighted by atomic mass is 10.1. The van der Waals surface area contributed by atoms with Gasteiger partial charge in [0, 0.05) is 31.9 Å². The highest BCUT2D eigenvalue weighted by Crippen LogP contribution is 2.19. The highest BCUT2D eigenvalue weighted by Gasteiger charge is 2.26. The van der Waals surface area contributed by atoms with E-state index < -0.39 is 0 Å². The molecular formula is C18H28FN5O. The second-order valence-electron chi connectivity index (χ2n) is 6.08. The summed E-state index contributed by atoms with van der Waals surface area (Å²) in [6.45, 7) is 4.76. The standard InChI is InChI=1S/C17H24FN5O.CH4/c1-12-9-23(10-16(12)19)7-5-13-2-3-14(8-15(13)18)22-17(20)4-6-21-11-24;/h2-4,6,8,11-12,16H,5,7,9-10,19H2,1H3,(H2,20,22)(H,21,24);1H4/b6-4-;/t12?,16-;/m1./s1. The number of amidine groups is 1. The summed E-state index contributed by atoms with van der Waals surface area (Å²) in [5.41, 5.74) is 12.8. The Morgan fingerprint density at radius 1 is 1.48 bits per heavy atom. The molecule has 138 valence electrons. The Morgan fingerprint density at radius 3 is 2.84 bits per heavy atom. The van der Waals surface area contributed by atoms with E-state index in [0.717, 1.165) is 19.6 Å². The summed E-state index contributed by atoms with van der Waals surface area (Å²) < 4.78 is 14.2. The van der Waals surface area contributed by atoms with Crippen molar-refractivity contribution < 1.29 is 9.18 Å². The number of nitrogens with two attached hydrogens (primary N) is 2. The molecule has 1 fully saturated rings. The van der Waals surface area contributed by atoms with Gasteiger partial charge in [0.25, 0.3) is 0 Å². The van der Waals surface area contributed by atoms with Gasteiger partial charge in [0.05, 0.1) is 5.69 Å². The molecule has 1 heterocycles. The SMILES string of the molecule is C.CC1CN(CCc2ccc(N=C(N)/C=C\NC=O)cc2F)C[C@H]1N. The van der Waals surface area contributed by atoms with Gasteiger partial charge in [0.15, 0.2) is 0 Å². The van der Waals surface area contributed by atoms with E-state index in [2.05, 4.69) is 22.1 Å². The molecule has 25 heavy (non-hydrogen) atoms. The number of rotatable bonds is 7. The van der Waals surface area contributed by atoms with Gasteiger partial charge < -0.3 is 21.7 Å². The average Bonchev–Trinajstić information content (AvgIpc) is 2.85. The molecule has 0 spiro atoms. The lowest BCUT2D eigenvalue weighted by Crippen LogP contribution is -2.29. The van der Waals surface area contributed by atoms with Gasteiger partial charge in [-0.25, -0.2) is 9.38 Å². The van der Waals surface area contributed by atoms with Crippen molar-refractivity contribution in [1.82, 2.24) is 10.2 Å². The first-order valence-electron chi connectivity index (χ1n) is 7.96. The minimum absolute atomic E-state index is 0. The maximum atomic E-state index is 14.2. The number of nitrogens with one attached hydrogen (secondary N) is 1. The van der Waals surface area contributed by atoms with Crippen LogP contribution in [0.4, 0.5) is 10.1 Å². The summed E-state index contributed by atoms with van der Waals surface area (Å²) in [6.07, 6.45) is 3.94. The molecule has 6 nitrogen and oxygen atoms in total. The van der Waals surface area contributed by atoms with E-state index in [-0.39, 0.29) is 25.1 Å². The van der Waals surface area contributed by atoms with Gasteiger partial charge in [-0.1, -0.05) is 20.4 Å². The Labute approximate surface area is 148 Å². The predicted molar refractivity (Wildman–Crippen MR) is 100 cm³/mol. The van der Waals surface area contributed by atoms with Crippen molar-refractivity contribution in [2.45, 2.75) is 26.8 Å². The number of likely N-dealkylation sites (tertiary alicyclic amines) is 1. The first-order valence-corrected chi connectivity index (χ1v) is 7.96. The fourth-order valence-electron chi connectivity index (χ4n) is 2.72. The normalized spacial score (nSPS) is 21.3. The summed E-state index contributed by atoms with van der Waals surface area (Å²) in [5, 5.41) is 2.33. The Kier molecular flexibility index (Phi) is 8.24. The Morgan fingerprint density at radius 2 is 2.24 bits per heavy atom. The lowest BCUT2D eigenvalue weighted by molar-refractivity contribution is -0.108. The Hall–Kier alpha value is -2.25. The van der Waals surface area contributed by atoms with Crippen molar-refractivity contribution in [2.24, 2.45) is 22.4 Å². The zero-order valence-electron chi connectivity index (χ0n) is 13.8. The fourth-order valence-corrected chi connectivity index (χ4v) is 2.72. The van der Waals surface area contributed by atoms with Crippen LogP contribution in [0, 0.1) is 11.7 Å². The van der Waals surface area contributed by atoms with Gasteiger partial charge >= 0.3 is 0 Å². The molecule has 1 unspecified atom stereocenters. The van der Waals surface area contributed by atoms with Crippen molar-refractivity contribution in [3.05, 3.63) is 41.9 Å². The lowest BCUT2D eigenvalue weighted by Gasteiger charge is -2.15. The zero-order chi connectivity index (χ0) is 17.5. The third-order valence-electron chi connectivity index (χ3n) is 4.16. The molecule has 0 aliphatic carbocycles. The molecular weight excluding hydrogens is 321 g/mol. The maximum absolute atomic E-state index is 14.2. The molecule has 5 N–H and O–H groups in total. The van der Waals surface area contributed by atoms with Crippen LogP contribution in [0.1, 0.15) is 19.9 Å². The Balaban J connectivity index is 0.00000312. The monoisotopic (exact) mass is 349 g/mol. The van der Waals surface area contributed by atoms with E-state index in [1.54, 1.807) is 12.1 Å². The van der Waals surface area contributed by atoms with Crippen LogP contribution >= 0.6 is 0 Å². The van der Waals surface area contributed by atoms with Crippen LogP contribution in [0.15, 0.2) is 35.5 Å². The van der Waals surface area contributed by atoms with Crippen molar-refractivity contribution in [1.29, 1.82) is 0 Å². The molecule has 0 aromatic heterocycles. The summed E-state index contributed by atoms with van der Waals surface area (Å²) in [6, 6.07) is 5.02. The third kappa shape index (κ3) is 6.28. The van der Waals surface area contributed by atoms with E-state index >= 15 is 0 Å². The number of amides is 1. The molecule has 0 bridgehead atoms. The smallest absolute Gasteiger partial charge is 0.211 e. The summed E-state index contributed by atoms with van der Waals surface area (Å²) in [4.78, 5) is 16.5. The van der Waals surface area contributed by atoms with Gasteiger partial charge in [-0.15, -0.1) is 0 Å². The van der Waals surface area contributed by atoms with E-state index in [4.69, 9.17) is 11.5 Å². The largest absolute Gasteiger partial charge is 0.384 e. The molecule has 1 saturated heterocycles. The maximum Gasteiger partial charge on any atom is 0.211 e. The van der Waals surface area contributed by atoms with E-state index in [1.807, 2.05) is 0 Å². The van der Waals surface area contributed by atoms with Crippen molar-refractivity contribution >= 4 is 17.9 Å². The minimum Gasteiger partial charge on any atom is -0.384 e. The highest BCUT2D eigenvalue weighted by atomic mass is 19.1. The summed E-state index contributed by atoms with van der Waals surface area (Å²) in [7, 11) is 0. The molecule has 7 heteroatoms. The van der Waals surface area contributed by atoms with Gasteiger partial charge in [-0.05, 0) is 36.1 Å². The number of carbonyl (C=O) groups is 1. The van der Waals surface area contributed by atoms with Crippen LogP contribution in [-0.4, -0.2) is 42.8 Å². The molecule has 1 amide bonds. The van der Waals surface area contributed by atoms with Gasteiger partial charge in [-0.2, -0.15) is 0 Å². The average molecular weight is 349 g/mol. The number of hydrogen-bond acceptors (Lipinski definition) is 4. The number of nitrogens with zero attached hydrogens (tertiary/aromatic N) is 2.